The number of carbonyl (C=O) groups is 3. The van der Waals surface area contributed by atoms with Gasteiger partial charge >= 0.3 is 6.03 Å². The summed E-state index contributed by atoms with van der Waals surface area (Å²) in [6.45, 7) is 0.0953. The molecule has 1 aliphatic heterocycles. The van der Waals surface area contributed by atoms with Crippen LogP contribution in [-0.4, -0.2) is 22.7 Å². The highest BCUT2D eigenvalue weighted by atomic mass is 35.5. The normalized spacial score (nSPS) is 15.2. The van der Waals surface area contributed by atoms with E-state index < -0.39 is 17.8 Å². The molecule has 0 atom stereocenters. The van der Waals surface area contributed by atoms with Crippen LogP contribution in [0.4, 0.5) is 4.79 Å². The first-order valence-corrected chi connectivity index (χ1v) is 10.2. The van der Waals surface area contributed by atoms with Crippen LogP contribution in [-0.2, 0) is 22.7 Å². The van der Waals surface area contributed by atoms with Crippen molar-refractivity contribution < 1.29 is 23.5 Å². The van der Waals surface area contributed by atoms with E-state index >= 15 is 0 Å². The van der Waals surface area contributed by atoms with Gasteiger partial charge in [-0.25, -0.2) is 4.79 Å². The van der Waals surface area contributed by atoms with Gasteiger partial charge in [0, 0.05) is 5.56 Å². The van der Waals surface area contributed by atoms with E-state index in [4.69, 9.17) is 32.4 Å². The molecule has 3 aromatic rings. The molecule has 0 unspecified atom stereocenters. The number of benzene rings is 2. The molecule has 0 spiro atoms. The van der Waals surface area contributed by atoms with E-state index in [1.54, 1.807) is 54.6 Å². The van der Waals surface area contributed by atoms with Crippen molar-refractivity contribution in [1.82, 2.24) is 10.2 Å². The Morgan fingerprint density at radius 1 is 1.00 bits per heavy atom. The second-order valence-corrected chi connectivity index (χ2v) is 7.68. The zero-order chi connectivity index (χ0) is 22.7. The van der Waals surface area contributed by atoms with Crippen LogP contribution in [0.1, 0.15) is 16.9 Å². The fourth-order valence-corrected chi connectivity index (χ4v) is 3.39. The molecule has 2 heterocycles. The Balaban J connectivity index is 1.58. The van der Waals surface area contributed by atoms with Crippen molar-refractivity contribution in [3.05, 3.63) is 93.4 Å². The zero-order valence-corrected chi connectivity index (χ0v) is 18.0. The number of barbiturate groups is 1. The quantitative estimate of drug-likeness (QED) is 0.411. The number of nitrogens with one attached hydrogen (secondary N) is 1. The summed E-state index contributed by atoms with van der Waals surface area (Å²) in [4.78, 5) is 38.4. The topological polar surface area (TPSA) is 88.9 Å². The van der Waals surface area contributed by atoms with Crippen LogP contribution in [0, 0.1) is 0 Å². The Labute approximate surface area is 193 Å². The third kappa shape index (κ3) is 4.69. The molecule has 9 heteroatoms. The molecular formula is C23H16Cl2N2O5. The summed E-state index contributed by atoms with van der Waals surface area (Å²) >= 11 is 12.0. The van der Waals surface area contributed by atoms with Crippen LogP contribution < -0.4 is 10.1 Å². The van der Waals surface area contributed by atoms with E-state index in [0.29, 0.717) is 27.1 Å². The Kier molecular flexibility index (Phi) is 6.30. The minimum absolute atomic E-state index is 0.0994. The van der Waals surface area contributed by atoms with Gasteiger partial charge in [-0.05, 0) is 42.0 Å². The van der Waals surface area contributed by atoms with Crippen LogP contribution in [0.5, 0.6) is 5.75 Å². The average molecular weight is 471 g/mol. The van der Waals surface area contributed by atoms with Crippen molar-refractivity contribution in [2.45, 2.75) is 13.2 Å². The fourth-order valence-electron chi connectivity index (χ4n) is 3.07. The first kappa shape index (κ1) is 21.7. The summed E-state index contributed by atoms with van der Waals surface area (Å²) in [6.07, 6.45) is 2.83. The summed E-state index contributed by atoms with van der Waals surface area (Å²) in [7, 11) is 0. The lowest BCUT2D eigenvalue weighted by atomic mass is 10.1. The minimum atomic E-state index is -0.808. The molecule has 1 saturated heterocycles. The molecule has 0 aliphatic carbocycles. The molecule has 4 amide bonds. The van der Waals surface area contributed by atoms with Gasteiger partial charge in [0.15, 0.2) is 0 Å². The monoisotopic (exact) mass is 470 g/mol. The van der Waals surface area contributed by atoms with Crippen molar-refractivity contribution in [3.8, 4) is 5.75 Å². The average Bonchev–Trinajstić information content (AvgIpc) is 3.29. The maximum Gasteiger partial charge on any atom is 0.331 e. The second kappa shape index (κ2) is 9.30. The highest BCUT2D eigenvalue weighted by Gasteiger charge is 2.36. The van der Waals surface area contributed by atoms with Crippen molar-refractivity contribution in [2.24, 2.45) is 0 Å². The van der Waals surface area contributed by atoms with Gasteiger partial charge in [0.2, 0.25) is 0 Å². The number of urea groups is 1. The van der Waals surface area contributed by atoms with Crippen LogP contribution in [0.3, 0.4) is 0 Å². The summed E-state index contributed by atoms with van der Waals surface area (Å²) in [6, 6.07) is 14.5. The van der Waals surface area contributed by atoms with E-state index in [1.165, 1.54) is 12.3 Å². The zero-order valence-electron chi connectivity index (χ0n) is 16.5. The molecule has 1 aromatic heterocycles. The molecule has 0 radical (unpaired) electrons. The van der Waals surface area contributed by atoms with E-state index in [-0.39, 0.29) is 18.7 Å². The first-order valence-electron chi connectivity index (χ1n) is 9.49. The number of carbonyl (C=O) groups excluding carboxylic acids is 3. The number of rotatable bonds is 6. The molecule has 4 rings (SSSR count). The third-order valence-electron chi connectivity index (χ3n) is 4.68. The predicted molar refractivity (Wildman–Crippen MR) is 118 cm³/mol. The highest BCUT2D eigenvalue weighted by molar-refractivity contribution is 6.42. The van der Waals surface area contributed by atoms with Crippen LogP contribution in [0.25, 0.3) is 6.08 Å². The largest absolute Gasteiger partial charge is 0.488 e. The van der Waals surface area contributed by atoms with Gasteiger partial charge in [-0.1, -0.05) is 47.5 Å². The minimum Gasteiger partial charge on any atom is -0.488 e. The molecule has 1 aliphatic rings. The number of amides is 4. The highest BCUT2D eigenvalue weighted by Crippen LogP contribution is 2.26. The Morgan fingerprint density at radius 3 is 2.56 bits per heavy atom. The van der Waals surface area contributed by atoms with E-state index in [9.17, 15) is 14.4 Å². The van der Waals surface area contributed by atoms with Crippen LogP contribution in [0.2, 0.25) is 10.0 Å². The van der Waals surface area contributed by atoms with Gasteiger partial charge in [0.05, 0.1) is 22.9 Å². The maximum absolute atomic E-state index is 12.9. The summed E-state index contributed by atoms with van der Waals surface area (Å²) < 4.78 is 11.1. The molecule has 2 aromatic carbocycles. The second-order valence-electron chi connectivity index (χ2n) is 6.86. The predicted octanol–water partition coefficient (Wildman–Crippen LogP) is 4.83. The van der Waals surface area contributed by atoms with Gasteiger partial charge in [-0.15, -0.1) is 0 Å². The van der Waals surface area contributed by atoms with Crippen LogP contribution in [0.15, 0.2) is 70.9 Å². The molecule has 0 saturated carbocycles. The summed E-state index contributed by atoms with van der Waals surface area (Å²) in [5.74, 6) is -0.655. The Hall–Kier alpha value is -3.55. The molecule has 162 valence electrons. The number of para-hydroxylation sites is 1. The number of ether oxygens (including phenoxy) is 1. The van der Waals surface area contributed by atoms with Gasteiger partial charge in [-0.2, -0.15) is 0 Å². The molecule has 1 fully saturated rings. The SMILES string of the molecule is O=C1NC(=O)N(Cc2ccco2)C(=O)C1=Cc1ccccc1OCc1ccc(Cl)c(Cl)c1. The lowest BCUT2D eigenvalue weighted by Crippen LogP contribution is -2.53. The molecule has 7 nitrogen and oxygen atoms in total. The smallest absolute Gasteiger partial charge is 0.331 e. The first-order chi connectivity index (χ1) is 15.4. The van der Waals surface area contributed by atoms with E-state index in [1.807, 2.05) is 0 Å². The molecule has 0 bridgehead atoms. The summed E-state index contributed by atoms with van der Waals surface area (Å²) in [5, 5.41) is 3.03. The van der Waals surface area contributed by atoms with Crippen LogP contribution >= 0.6 is 23.2 Å². The van der Waals surface area contributed by atoms with E-state index in [2.05, 4.69) is 5.32 Å². The van der Waals surface area contributed by atoms with Gasteiger partial charge in [0.25, 0.3) is 11.8 Å². The molecular weight excluding hydrogens is 455 g/mol. The standard InChI is InChI=1S/C23H16Cl2N2O5/c24-18-8-7-14(10-19(18)25)13-32-20-6-2-1-4-15(20)11-17-21(28)26-23(30)27(22(17)29)12-16-5-3-9-31-16/h1-11H,12-13H2,(H,26,28,30). The number of imide groups is 2. The van der Waals surface area contributed by atoms with Gasteiger partial charge < -0.3 is 9.15 Å². The third-order valence-corrected chi connectivity index (χ3v) is 5.42. The number of halogens is 2. The van der Waals surface area contributed by atoms with E-state index in [0.717, 1.165) is 10.5 Å². The number of nitrogens with zero attached hydrogens (tertiary/aromatic N) is 1. The lowest BCUT2D eigenvalue weighted by Gasteiger charge is -2.25. The molecule has 1 N–H and O–H groups in total. The Bertz CT molecular complexity index is 1220. The van der Waals surface area contributed by atoms with Crippen molar-refractivity contribution in [2.75, 3.05) is 0 Å². The maximum atomic E-state index is 12.9. The molecule has 32 heavy (non-hydrogen) atoms. The number of hydrogen-bond acceptors (Lipinski definition) is 5. The lowest BCUT2D eigenvalue weighted by molar-refractivity contribution is -0.130. The van der Waals surface area contributed by atoms with Crippen molar-refractivity contribution in [3.63, 3.8) is 0 Å². The number of hydrogen-bond donors (Lipinski definition) is 1. The van der Waals surface area contributed by atoms with Gasteiger partial charge in [0.1, 0.15) is 23.7 Å². The van der Waals surface area contributed by atoms with Gasteiger partial charge in [-0.3, -0.25) is 19.8 Å². The number of furan rings is 1. The fraction of sp³-hybridized carbons (Fsp3) is 0.0870. The van der Waals surface area contributed by atoms with Crippen molar-refractivity contribution in [1.29, 1.82) is 0 Å². The van der Waals surface area contributed by atoms with Crippen molar-refractivity contribution >= 4 is 47.1 Å². The summed E-state index contributed by atoms with van der Waals surface area (Å²) in [5.41, 5.74) is 1.10. The Morgan fingerprint density at radius 2 is 1.81 bits per heavy atom.